The van der Waals surface area contributed by atoms with Gasteiger partial charge in [0, 0.05) is 24.4 Å². The fraction of sp³-hybridized carbons (Fsp3) is 0.154. The highest BCUT2D eigenvalue weighted by Gasteiger charge is 2.26. The second-order valence-electron chi connectivity index (χ2n) is 4.07. The molecule has 3 rings (SSSR count). The Morgan fingerprint density at radius 2 is 2.24 bits per heavy atom. The number of halogens is 2. The molecule has 1 aliphatic rings. The van der Waals surface area contributed by atoms with Gasteiger partial charge in [-0.25, -0.2) is 4.39 Å². The van der Waals surface area contributed by atoms with Crippen molar-refractivity contribution in [3.8, 4) is 0 Å². The summed E-state index contributed by atoms with van der Waals surface area (Å²) in [5.41, 5.74) is 2.41. The van der Waals surface area contributed by atoms with E-state index in [1.165, 1.54) is 6.07 Å². The first-order valence-corrected chi connectivity index (χ1v) is 5.77. The topological polar surface area (TPSA) is 24.9 Å². The number of pyridine rings is 1. The molecule has 2 nitrogen and oxygen atoms in total. The third-order valence-electron chi connectivity index (χ3n) is 3.02. The van der Waals surface area contributed by atoms with Crippen molar-refractivity contribution < 1.29 is 4.39 Å². The predicted molar refractivity (Wildman–Crippen MR) is 65.7 cm³/mol. The number of anilines is 1. The minimum absolute atomic E-state index is 0.0492. The van der Waals surface area contributed by atoms with Gasteiger partial charge in [0.25, 0.3) is 0 Å². The Balaban J connectivity index is 1.98. The second kappa shape index (κ2) is 4.00. The number of aromatic nitrogens is 1. The normalized spacial score (nSPS) is 17.6. The van der Waals surface area contributed by atoms with Crippen molar-refractivity contribution in [1.82, 2.24) is 4.98 Å². The number of benzene rings is 1. The molecule has 17 heavy (non-hydrogen) atoms. The van der Waals surface area contributed by atoms with Crippen molar-refractivity contribution in [2.24, 2.45) is 0 Å². The molecule has 0 radical (unpaired) electrons. The molecule has 1 N–H and O–H groups in total. The smallest absolute Gasteiger partial charge is 0.128 e. The summed E-state index contributed by atoms with van der Waals surface area (Å²) in [6, 6.07) is 6.89. The van der Waals surface area contributed by atoms with Gasteiger partial charge in [0.1, 0.15) is 5.82 Å². The number of nitrogens with zero attached hydrogens (tertiary/aromatic N) is 1. The third-order valence-corrected chi connectivity index (χ3v) is 3.33. The first-order valence-electron chi connectivity index (χ1n) is 5.39. The SMILES string of the molecule is Fc1ccc(Cl)c2c1CC(c1cccnc1)N2. The highest BCUT2D eigenvalue weighted by Crippen LogP contribution is 2.39. The minimum Gasteiger partial charge on any atom is -0.376 e. The van der Waals surface area contributed by atoms with Crippen molar-refractivity contribution in [3.05, 3.63) is 58.6 Å². The van der Waals surface area contributed by atoms with E-state index in [0.717, 1.165) is 5.56 Å². The van der Waals surface area contributed by atoms with E-state index in [-0.39, 0.29) is 11.9 Å². The van der Waals surface area contributed by atoms with Gasteiger partial charge < -0.3 is 5.32 Å². The average Bonchev–Trinajstić information content (AvgIpc) is 2.81. The van der Waals surface area contributed by atoms with E-state index in [0.29, 0.717) is 22.7 Å². The number of hydrogen-bond acceptors (Lipinski definition) is 2. The number of rotatable bonds is 1. The highest BCUT2D eigenvalue weighted by atomic mass is 35.5. The van der Waals surface area contributed by atoms with Crippen LogP contribution in [0.25, 0.3) is 0 Å². The van der Waals surface area contributed by atoms with E-state index in [9.17, 15) is 4.39 Å². The van der Waals surface area contributed by atoms with Gasteiger partial charge in [-0.05, 0) is 23.8 Å². The summed E-state index contributed by atoms with van der Waals surface area (Å²) in [5, 5.41) is 3.81. The van der Waals surface area contributed by atoms with E-state index in [4.69, 9.17) is 11.6 Å². The summed E-state index contributed by atoms with van der Waals surface area (Å²) in [6.07, 6.45) is 4.11. The van der Waals surface area contributed by atoms with Gasteiger partial charge in [-0.3, -0.25) is 4.98 Å². The molecule has 1 atom stereocenters. The first-order chi connectivity index (χ1) is 8.25. The maximum Gasteiger partial charge on any atom is 0.128 e. The predicted octanol–water partition coefficient (Wildman–Crippen LogP) is 3.58. The van der Waals surface area contributed by atoms with Crippen LogP contribution >= 0.6 is 11.6 Å². The molecule has 1 aliphatic heterocycles. The highest BCUT2D eigenvalue weighted by molar-refractivity contribution is 6.33. The molecule has 1 aromatic carbocycles. The Bertz CT molecular complexity index is 526. The van der Waals surface area contributed by atoms with Gasteiger partial charge >= 0.3 is 0 Å². The van der Waals surface area contributed by atoms with Crippen LogP contribution in [-0.2, 0) is 6.42 Å². The molecule has 0 saturated carbocycles. The second-order valence-corrected chi connectivity index (χ2v) is 4.48. The van der Waals surface area contributed by atoms with E-state index in [1.54, 1.807) is 18.5 Å². The first kappa shape index (κ1) is 10.5. The molecule has 0 fully saturated rings. The Morgan fingerprint density at radius 3 is 2.94 bits per heavy atom. The van der Waals surface area contributed by atoms with Crippen LogP contribution in [0.1, 0.15) is 17.2 Å². The quantitative estimate of drug-likeness (QED) is 0.834. The van der Waals surface area contributed by atoms with Crippen LogP contribution in [0.15, 0.2) is 36.7 Å². The molecule has 0 aliphatic carbocycles. The largest absolute Gasteiger partial charge is 0.376 e. The van der Waals surface area contributed by atoms with Gasteiger partial charge in [-0.15, -0.1) is 0 Å². The minimum atomic E-state index is -0.205. The zero-order chi connectivity index (χ0) is 11.8. The van der Waals surface area contributed by atoms with E-state index in [1.807, 2.05) is 12.1 Å². The molecular formula is C13H10ClFN2. The zero-order valence-electron chi connectivity index (χ0n) is 8.95. The zero-order valence-corrected chi connectivity index (χ0v) is 9.71. The maximum atomic E-state index is 13.6. The van der Waals surface area contributed by atoms with Gasteiger partial charge in [-0.1, -0.05) is 17.7 Å². The number of hydrogen-bond donors (Lipinski definition) is 1. The van der Waals surface area contributed by atoms with Gasteiger partial charge in [0.15, 0.2) is 0 Å². The van der Waals surface area contributed by atoms with Crippen molar-refractivity contribution >= 4 is 17.3 Å². The van der Waals surface area contributed by atoms with E-state index >= 15 is 0 Å². The maximum absolute atomic E-state index is 13.6. The van der Waals surface area contributed by atoms with Crippen LogP contribution in [0.2, 0.25) is 5.02 Å². The third kappa shape index (κ3) is 1.76. The summed E-state index contributed by atoms with van der Waals surface area (Å²) >= 11 is 6.05. The van der Waals surface area contributed by atoms with Crippen molar-refractivity contribution in [2.45, 2.75) is 12.5 Å². The lowest BCUT2D eigenvalue weighted by molar-refractivity contribution is 0.610. The van der Waals surface area contributed by atoms with Crippen molar-refractivity contribution in [1.29, 1.82) is 0 Å². The standard InChI is InChI=1S/C13H10ClFN2/c14-10-3-4-11(15)9-6-12(17-13(9)10)8-2-1-5-16-7-8/h1-5,7,12,17H,6H2. The summed E-state index contributed by atoms with van der Waals surface area (Å²) in [6.45, 7) is 0. The molecule has 4 heteroatoms. The Labute approximate surface area is 103 Å². The van der Waals surface area contributed by atoms with Crippen LogP contribution in [0, 0.1) is 5.82 Å². The molecular weight excluding hydrogens is 239 g/mol. The molecule has 2 aromatic rings. The van der Waals surface area contributed by atoms with E-state index in [2.05, 4.69) is 10.3 Å². The Hall–Kier alpha value is -1.61. The summed E-state index contributed by atoms with van der Waals surface area (Å²) < 4.78 is 13.6. The van der Waals surface area contributed by atoms with Crippen molar-refractivity contribution in [3.63, 3.8) is 0 Å². The van der Waals surface area contributed by atoms with Gasteiger partial charge in [-0.2, -0.15) is 0 Å². The number of fused-ring (bicyclic) bond motifs is 1. The van der Waals surface area contributed by atoms with Crippen LogP contribution in [0.4, 0.5) is 10.1 Å². The lowest BCUT2D eigenvalue weighted by Crippen LogP contribution is -2.05. The fourth-order valence-electron chi connectivity index (χ4n) is 2.16. The Morgan fingerprint density at radius 1 is 1.35 bits per heavy atom. The van der Waals surface area contributed by atoms with Gasteiger partial charge in [0.2, 0.25) is 0 Å². The summed E-state index contributed by atoms with van der Waals surface area (Å²) in [7, 11) is 0. The van der Waals surface area contributed by atoms with Crippen LogP contribution in [0.5, 0.6) is 0 Å². The van der Waals surface area contributed by atoms with Gasteiger partial charge in [0.05, 0.1) is 16.8 Å². The molecule has 1 unspecified atom stereocenters. The molecule has 0 bridgehead atoms. The Kier molecular flexibility index (Phi) is 2.48. The fourth-order valence-corrected chi connectivity index (χ4v) is 2.39. The molecule has 86 valence electrons. The molecule has 1 aromatic heterocycles. The lowest BCUT2D eigenvalue weighted by Gasteiger charge is -2.10. The van der Waals surface area contributed by atoms with Crippen LogP contribution in [0.3, 0.4) is 0 Å². The summed E-state index contributed by atoms with van der Waals surface area (Å²) in [5.74, 6) is -0.205. The molecule has 0 amide bonds. The van der Waals surface area contributed by atoms with Crippen LogP contribution in [-0.4, -0.2) is 4.98 Å². The van der Waals surface area contributed by atoms with Crippen LogP contribution < -0.4 is 5.32 Å². The summed E-state index contributed by atoms with van der Waals surface area (Å²) in [4.78, 5) is 4.07. The monoisotopic (exact) mass is 248 g/mol. The molecule has 0 saturated heterocycles. The van der Waals surface area contributed by atoms with E-state index < -0.39 is 0 Å². The molecule has 0 spiro atoms. The molecule has 2 heterocycles. The van der Waals surface area contributed by atoms with Crippen molar-refractivity contribution in [2.75, 3.05) is 5.32 Å². The average molecular weight is 249 g/mol. The number of nitrogens with one attached hydrogen (secondary N) is 1. The lowest BCUT2D eigenvalue weighted by atomic mass is 10.0.